The number of nitrogens with one attached hydrogen (secondary N) is 1. The Bertz CT molecular complexity index is 684. The van der Waals surface area contributed by atoms with E-state index in [-0.39, 0.29) is 23.5 Å². The number of hydrogen-bond acceptors (Lipinski definition) is 5. The van der Waals surface area contributed by atoms with Crippen LogP contribution in [0.15, 0.2) is 0 Å². The van der Waals surface area contributed by atoms with Crippen LogP contribution < -0.4 is 5.32 Å². The van der Waals surface area contributed by atoms with Crippen molar-refractivity contribution < 1.29 is 23.5 Å². The van der Waals surface area contributed by atoms with Gasteiger partial charge in [0.05, 0.1) is 25.2 Å². The van der Waals surface area contributed by atoms with E-state index < -0.39 is 37.4 Å². The molecule has 1 spiro atoms. The normalized spacial score (nSPS) is 32.7. The molecule has 3 rings (SSSR count). The Morgan fingerprint density at radius 2 is 1.90 bits per heavy atom. The zero-order valence-electron chi connectivity index (χ0n) is 20.0. The van der Waals surface area contributed by atoms with Crippen molar-refractivity contribution in [1.82, 2.24) is 5.32 Å². The van der Waals surface area contributed by atoms with Gasteiger partial charge in [0.15, 0.2) is 13.9 Å². The van der Waals surface area contributed by atoms with Gasteiger partial charge in [-0.25, -0.2) is 4.79 Å². The Morgan fingerprint density at radius 1 is 1.29 bits per heavy atom. The SMILES string of the molecule is CCOC(=O)[C@]1([C@H](O[Si](C)(C)C(C)(C)C)C2CCCCC2)NC(=O)[C@H](CCCl)[C@@]12CO2. The van der Waals surface area contributed by atoms with Crippen molar-refractivity contribution in [2.24, 2.45) is 11.8 Å². The van der Waals surface area contributed by atoms with Crippen molar-refractivity contribution >= 4 is 31.8 Å². The summed E-state index contributed by atoms with van der Waals surface area (Å²) in [5, 5.41) is 3.07. The third-order valence-electron chi connectivity index (χ3n) is 8.05. The minimum absolute atomic E-state index is 0.0362. The van der Waals surface area contributed by atoms with Gasteiger partial charge in [0, 0.05) is 5.88 Å². The van der Waals surface area contributed by atoms with Gasteiger partial charge in [-0.1, -0.05) is 40.0 Å². The van der Waals surface area contributed by atoms with Crippen LogP contribution in [0.1, 0.15) is 66.2 Å². The smallest absolute Gasteiger partial charge is 0.337 e. The number of epoxide rings is 1. The maximum Gasteiger partial charge on any atom is 0.337 e. The highest BCUT2D eigenvalue weighted by atomic mass is 35.5. The molecule has 31 heavy (non-hydrogen) atoms. The molecule has 0 unspecified atom stereocenters. The molecule has 6 nitrogen and oxygen atoms in total. The van der Waals surface area contributed by atoms with Gasteiger partial charge in [0.2, 0.25) is 5.91 Å². The van der Waals surface area contributed by atoms with Crippen molar-refractivity contribution in [3.05, 3.63) is 0 Å². The quantitative estimate of drug-likeness (QED) is 0.244. The fourth-order valence-electron chi connectivity index (χ4n) is 5.22. The largest absolute Gasteiger partial charge is 0.464 e. The predicted octanol–water partition coefficient (Wildman–Crippen LogP) is 4.40. The Balaban J connectivity index is 2.13. The molecule has 0 aromatic rings. The molecule has 1 N–H and O–H groups in total. The summed E-state index contributed by atoms with van der Waals surface area (Å²) in [6.45, 7) is 13.4. The molecule has 0 bridgehead atoms. The fraction of sp³-hybridized carbons (Fsp3) is 0.913. The van der Waals surface area contributed by atoms with Gasteiger partial charge in [-0.3, -0.25) is 4.79 Å². The van der Waals surface area contributed by atoms with Gasteiger partial charge >= 0.3 is 5.97 Å². The molecular weight excluding hydrogens is 434 g/mol. The molecule has 178 valence electrons. The first-order valence-corrected chi connectivity index (χ1v) is 15.3. The Morgan fingerprint density at radius 3 is 2.39 bits per heavy atom. The van der Waals surface area contributed by atoms with E-state index in [4.69, 9.17) is 25.5 Å². The van der Waals surface area contributed by atoms with E-state index in [1.54, 1.807) is 6.92 Å². The first kappa shape index (κ1) is 25.0. The van der Waals surface area contributed by atoms with E-state index in [2.05, 4.69) is 39.2 Å². The van der Waals surface area contributed by atoms with Gasteiger partial charge < -0.3 is 19.2 Å². The molecule has 8 heteroatoms. The second-order valence-electron chi connectivity index (χ2n) is 10.9. The number of alkyl halides is 1. The average Bonchev–Trinajstić information content (AvgIpc) is 3.46. The van der Waals surface area contributed by atoms with Crippen molar-refractivity contribution in [3.63, 3.8) is 0 Å². The van der Waals surface area contributed by atoms with Gasteiger partial charge in [-0.15, -0.1) is 11.6 Å². The number of amides is 1. The molecule has 1 amide bonds. The molecule has 2 aliphatic heterocycles. The number of halogens is 1. The summed E-state index contributed by atoms with van der Waals surface area (Å²) in [6, 6.07) is 0. The summed E-state index contributed by atoms with van der Waals surface area (Å²) in [4.78, 5) is 26.9. The third-order valence-corrected chi connectivity index (χ3v) is 12.7. The lowest BCUT2D eigenvalue weighted by Crippen LogP contribution is -2.70. The minimum Gasteiger partial charge on any atom is -0.464 e. The molecule has 3 fully saturated rings. The molecule has 2 saturated heterocycles. The van der Waals surface area contributed by atoms with E-state index in [1.807, 2.05) is 0 Å². The van der Waals surface area contributed by atoms with Crippen LogP contribution in [-0.4, -0.2) is 56.5 Å². The first-order chi connectivity index (χ1) is 14.5. The lowest BCUT2D eigenvalue weighted by molar-refractivity contribution is -0.162. The second-order valence-corrected chi connectivity index (χ2v) is 16.1. The lowest BCUT2D eigenvalue weighted by Gasteiger charge is -2.49. The van der Waals surface area contributed by atoms with Crippen LogP contribution >= 0.6 is 11.6 Å². The number of hydrogen-bond donors (Lipinski definition) is 1. The standard InChI is InChI=1S/C23H40ClNO5Si/c1-7-28-20(27)23(22(15-29-22)17(13-14-24)19(26)25-23)18(16-11-9-8-10-12-16)30-31(5,6)21(2,3)4/h16-18H,7-15H2,1-6H3,(H,25,26)/t17-,18+,22-,23-/m0/s1. The van der Waals surface area contributed by atoms with Crippen LogP contribution in [0, 0.1) is 11.8 Å². The average molecular weight is 474 g/mol. The van der Waals surface area contributed by atoms with E-state index in [0.717, 1.165) is 25.7 Å². The van der Waals surface area contributed by atoms with Crippen LogP contribution in [0.2, 0.25) is 18.1 Å². The zero-order valence-corrected chi connectivity index (χ0v) is 21.8. The maximum absolute atomic E-state index is 13.7. The van der Waals surface area contributed by atoms with Crippen molar-refractivity contribution in [2.45, 2.75) is 102 Å². The van der Waals surface area contributed by atoms with Crippen molar-refractivity contribution in [1.29, 1.82) is 0 Å². The number of carbonyl (C=O) groups excluding carboxylic acids is 2. The predicted molar refractivity (Wildman–Crippen MR) is 124 cm³/mol. The monoisotopic (exact) mass is 473 g/mol. The molecule has 1 aliphatic carbocycles. The Labute approximate surface area is 193 Å². The summed E-state index contributed by atoms with van der Waals surface area (Å²) in [6.07, 6.45) is 5.35. The van der Waals surface area contributed by atoms with Crippen LogP contribution in [-0.2, 0) is 23.5 Å². The van der Waals surface area contributed by atoms with Gasteiger partial charge in [-0.05, 0) is 50.2 Å². The topological polar surface area (TPSA) is 77.2 Å². The molecule has 1 saturated carbocycles. The highest BCUT2D eigenvalue weighted by Crippen LogP contribution is 2.56. The molecule has 0 aromatic carbocycles. The van der Waals surface area contributed by atoms with Crippen LogP contribution in [0.25, 0.3) is 0 Å². The highest BCUT2D eigenvalue weighted by molar-refractivity contribution is 6.74. The van der Waals surface area contributed by atoms with Crippen molar-refractivity contribution in [2.75, 3.05) is 19.1 Å². The van der Waals surface area contributed by atoms with Gasteiger partial charge in [0.25, 0.3) is 0 Å². The van der Waals surface area contributed by atoms with Gasteiger partial charge in [-0.2, -0.15) is 0 Å². The molecule has 4 atom stereocenters. The molecule has 2 heterocycles. The number of esters is 1. The van der Waals surface area contributed by atoms with E-state index in [9.17, 15) is 9.59 Å². The first-order valence-electron chi connectivity index (χ1n) is 11.8. The number of carbonyl (C=O) groups is 2. The lowest BCUT2D eigenvalue weighted by atomic mass is 9.69. The molecule has 3 aliphatic rings. The summed E-state index contributed by atoms with van der Waals surface area (Å²) < 4.78 is 18.7. The maximum atomic E-state index is 13.7. The molecular formula is C23H40ClNO5Si. The summed E-state index contributed by atoms with van der Waals surface area (Å²) >= 11 is 6.05. The number of ether oxygens (including phenoxy) is 2. The molecule has 0 aromatic heterocycles. The zero-order chi connectivity index (χ0) is 23.1. The van der Waals surface area contributed by atoms with Crippen LogP contribution in [0.5, 0.6) is 0 Å². The minimum atomic E-state index is -2.27. The number of rotatable bonds is 8. The van der Waals surface area contributed by atoms with Crippen LogP contribution in [0.3, 0.4) is 0 Å². The van der Waals surface area contributed by atoms with E-state index in [1.165, 1.54) is 6.42 Å². The Hall–Kier alpha value is -0.633. The van der Waals surface area contributed by atoms with Gasteiger partial charge in [0.1, 0.15) is 5.60 Å². The molecule has 0 radical (unpaired) electrons. The summed E-state index contributed by atoms with van der Waals surface area (Å²) in [7, 11) is -2.27. The Kier molecular flexibility index (Phi) is 7.22. The fourth-order valence-corrected chi connectivity index (χ4v) is 6.80. The van der Waals surface area contributed by atoms with Crippen LogP contribution in [0.4, 0.5) is 0 Å². The second kappa shape index (κ2) is 8.96. The highest BCUT2D eigenvalue weighted by Gasteiger charge is 2.80. The summed E-state index contributed by atoms with van der Waals surface area (Å²) in [5.41, 5.74) is -2.26. The summed E-state index contributed by atoms with van der Waals surface area (Å²) in [5.74, 6) is -0.566. The van der Waals surface area contributed by atoms with E-state index >= 15 is 0 Å². The van der Waals surface area contributed by atoms with Crippen molar-refractivity contribution in [3.8, 4) is 0 Å². The van der Waals surface area contributed by atoms with E-state index in [0.29, 0.717) is 18.9 Å². The third kappa shape index (κ3) is 4.20.